The van der Waals surface area contributed by atoms with Crippen LogP contribution in [0, 0.1) is 13.8 Å². The molecule has 0 radical (unpaired) electrons. The van der Waals surface area contributed by atoms with E-state index in [1.54, 1.807) is 0 Å². The Morgan fingerprint density at radius 1 is 0.629 bits per heavy atom. The zero-order valence-corrected chi connectivity index (χ0v) is 19.5. The first-order valence-electron chi connectivity index (χ1n) is 11.8. The summed E-state index contributed by atoms with van der Waals surface area (Å²) in [6.45, 7) is 4.17. The first-order valence-corrected chi connectivity index (χ1v) is 11.8. The third-order valence-corrected chi connectivity index (χ3v) is 6.91. The molecule has 0 aliphatic heterocycles. The predicted molar refractivity (Wildman–Crippen MR) is 145 cm³/mol. The summed E-state index contributed by atoms with van der Waals surface area (Å²) in [7, 11) is 0. The average molecular weight is 451 g/mol. The van der Waals surface area contributed by atoms with Crippen LogP contribution in [0.5, 0.6) is 0 Å². The van der Waals surface area contributed by atoms with Crippen molar-refractivity contribution in [2.45, 2.75) is 13.8 Å². The summed E-state index contributed by atoms with van der Waals surface area (Å²) >= 11 is 0. The SMILES string of the molecule is Cc1ccc2cc(-c3ccnc(-c4cccc5c4oc4c6ccccc6ccc54)c3)c(C)cc2n1. The molecular formula is C32H22N2O. The Hall–Kier alpha value is -4.50. The first-order chi connectivity index (χ1) is 17.2. The molecule has 0 saturated carbocycles. The molecule has 3 nitrogen and oxygen atoms in total. The minimum atomic E-state index is 0.874. The Bertz CT molecular complexity index is 1930. The summed E-state index contributed by atoms with van der Waals surface area (Å²) in [4.78, 5) is 9.44. The van der Waals surface area contributed by atoms with Crippen LogP contribution in [0.3, 0.4) is 0 Å². The highest BCUT2D eigenvalue weighted by Crippen LogP contribution is 2.39. The molecule has 0 atom stereocenters. The normalized spacial score (nSPS) is 11.7. The van der Waals surface area contributed by atoms with E-state index >= 15 is 0 Å². The van der Waals surface area contributed by atoms with Crippen molar-refractivity contribution in [3.8, 4) is 22.4 Å². The molecule has 3 heterocycles. The van der Waals surface area contributed by atoms with Crippen molar-refractivity contribution >= 4 is 43.6 Å². The first kappa shape index (κ1) is 19.9. The van der Waals surface area contributed by atoms with Gasteiger partial charge in [-0.3, -0.25) is 9.97 Å². The van der Waals surface area contributed by atoms with Crippen molar-refractivity contribution in [1.82, 2.24) is 9.97 Å². The van der Waals surface area contributed by atoms with Gasteiger partial charge in [-0.1, -0.05) is 48.5 Å². The number of aromatic nitrogens is 2. The Morgan fingerprint density at radius 3 is 2.40 bits per heavy atom. The summed E-state index contributed by atoms with van der Waals surface area (Å²) in [6.07, 6.45) is 1.89. The Balaban J connectivity index is 1.43. The predicted octanol–water partition coefficient (Wildman–Crippen LogP) is 8.63. The van der Waals surface area contributed by atoms with Gasteiger partial charge in [0.25, 0.3) is 0 Å². The van der Waals surface area contributed by atoms with E-state index in [1.807, 2.05) is 13.1 Å². The number of nitrogens with zero attached hydrogens (tertiary/aromatic N) is 2. The molecule has 0 amide bonds. The Kier molecular flexibility index (Phi) is 4.27. The second-order valence-electron chi connectivity index (χ2n) is 9.19. The monoisotopic (exact) mass is 450 g/mol. The van der Waals surface area contributed by atoms with Crippen molar-refractivity contribution in [3.05, 3.63) is 108 Å². The molecular weight excluding hydrogens is 428 g/mol. The van der Waals surface area contributed by atoms with Gasteiger partial charge in [0, 0.05) is 39.0 Å². The lowest BCUT2D eigenvalue weighted by Gasteiger charge is -2.10. The minimum absolute atomic E-state index is 0.874. The van der Waals surface area contributed by atoms with Gasteiger partial charge in [-0.05, 0) is 78.4 Å². The fourth-order valence-corrected chi connectivity index (χ4v) is 5.16. The van der Waals surface area contributed by atoms with Gasteiger partial charge in [0.15, 0.2) is 0 Å². The summed E-state index contributed by atoms with van der Waals surface area (Å²) in [5.74, 6) is 0. The van der Waals surface area contributed by atoms with Gasteiger partial charge in [-0.2, -0.15) is 0 Å². The standard InChI is InChI=1S/C32H22N2O/c1-19-16-29-23(11-10-20(2)34-29)17-28(19)22-14-15-33-30(18-22)27-9-5-8-25-26-13-12-21-6-3-4-7-24(21)31(26)35-32(25)27/h3-18H,1-2H3. The van der Waals surface area contributed by atoms with E-state index in [2.05, 4.69) is 103 Å². The van der Waals surface area contributed by atoms with Crippen LogP contribution in [0.15, 0.2) is 102 Å². The molecule has 4 aromatic carbocycles. The molecule has 166 valence electrons. The smallest absolute Gasteiger partial charge is 0.144 e. The lowest BCUT2D eigenvalue weighted by Crippen LogP contribution is -1.90. The van der Waals surface area contributed by atoms with Crippen molar-refractivity contribution in [2.24, 2.45) is 0 Å². The van der Waals surface area contributed by atoms with Crippen LogP contribution >= 0.6 is 0 Å². The van der Waals surface area contributed by atoms with Crippen LogP contribution in [-0.4, -0.2) is 9.97 Å². The number of hydrogen-bond donors (Lipinski definition) is 0. The highest BCUT2D eigenvalue weighted by molar-refractivity contribution is 6.17. The number of benzene rings is 4. The molecule has 0 bridgehead atoms. The molecule has 3 aromatic heterocycles. The second-order valence-corrected chi connectivity index (χ2v) is 9.19. The van der Waals surface area contributed by atoms with Crippen LogP contribution in [-0.2, 0) is 0 Å². The van der Waals surface area contributed by atoms with E-state index in [1.165, 1.54) is 16.5 Å². The molecule has 7 aromatic rings. The Labute approximate surface area is 202 Å². The van der Waals surface area contributed by atoms with Gasteiger partial charge in [0.05, 0.1) is 11.2 Å². The molecule has 3 heteroatoms. The molecule has 0 aliphatic carbocycles. The van der Waals surface area contributed by atoms with E-state index in [-0.39, 0.29) is 0 Å². The molecule has 0 spiro atoms. The maximum Gasteiger partial charge on any atom is 0.144 e. The molecule has 35 heavy (non-hydrogen) atoms. The van der Waals surface area contributed by atoms with E-state index in [4.69, 9.17) is 9.40 Å². The molecule has 0 aliphatic rings. The van der Waals surface area contributed by atoms with E-state index in [0.29, 0.717) is 0 Å². The van der Waals surface area contributed by atoms with Crippen molar-refractivity contribution in [3.63, 3.8) is 0 Å². The van der Waals surface area contributed by atoms with Crippen LogP contribution in [0.4, 0.5) is 0 Å². The topological polar surface area (TPSA) is 38.9 Å². The van der Waals surface area contributed by atoms with Gasteiger partial charge in [0.2, 0.25) is 0 Å². The molecule has 0 saturated heterocycles. The number of pyridine rings is 2. The summed E-state index contributed by atoms with van der Waals surface area (Å²) in [5.41, 5.74) is 9.28. The van der Waals surface area contributed by atoms with Gasteiger partial charge in [-0.15, -0.1) is 0 Å². The van der Waals surface area contributed by atoms with Crippen LogP contribution in [0.2, 0.25) is 0 Å². The van der Waals surface area contributed by atoms with Crippen LogP contribution in [0.25, 0.3) is 66.0 Å². The van der Waals surface area contributed by atoms with Crippen molar-refractivity contribution < 1.29 is 4.42 Å². The third-order valence-electron chi connectivity index (χ3n) is 6.91. The van der Waals surface area contributed by atoms with Crippen molar-refractivity contribution in [2.75, 3.05) is 0 Å². The molecule has 7 rings (SSSR count). The third kappa shape index (κ3) is 3.12. The lowest BCUT2D eigenvalue weighted by atomic mass is 9.97. The van der Waals surface area contributed by atoms with Crippen LogP contribution in [0.1, 0.15) is 11.3 Å². The fraction of sp³-hybridized carbons (Fsp3) is 0.0625. The maximum absolute atomic E-state index is 6.54. The highest BCUT2D eigenvalue weighted by atomic mass is 16.3. The van der Waals surface area contributed by atoms with Crippen molar-refractivity contribution in [1.29, 1.82) is 0 Å². The van der Waals surface area contributed by atoms with Crippen LogP contribution < -0.4 is 0 Å². The number of fused-ring (bicyclic) bond motifs is 6. The minimum Gasteiger partial charge on any atom is -0.455 e. The Morgan fingerprint density at radius 2 is 1.46 bits per heavy atom. The van der Waals surface area contributed by atoms with Gasteiger partial charge in [0.1, 0.15) is 11.2 Å². The van der Waals surface area contributed by atoms with E-state index in [9.17, 15) is 0 Å². The zero-order valence-electron chi connectivity index (χ0n) is 19.5. The average Bonchev–Trinajstić information content (AvgIpc) is 3.28. The van der Waals surface area contributed by atoms with Gasteiger partial charge in [-0.25, -0.2) is 0 Å². The molecule has 0 unspecified atom stereocenters. The summed E-state index contributed by atoms with van der Waals surface area (Å²) in [5, 5.41) is 5.69. The number of furan rings is 1. The quantitative estimate of drug-likeness (QED) is 0.265. The number of aryl methyl sites for hydroxylation is 2. The molecule has 0 N–H and O–H groups in total. The number of hydrogen-bond acceptors (Lipinski definition) is 3. The second kappa shape index (κ2) is 7.51. The maximum atomic E-state index is 6.54. The number of rotatable bonds is 2. The van der Waals surface area contributed by atoms with Gasteiger partial charge < -0.3 is 4.42 Å². The molecule has 0 fully saturated rings. The number of para-hydroxylation sites is 1. The summed E-state index contributed by atoms with van der Waals surface area (Å²) < 4.78 is 6.54. The van der Waals surface area contributed by atoms with E-state index < -0.39 is 0 Å². The lowest BCUT2D eigenvalue weighted by molar-refractivity contribution is 0.673. The van der Waals surface area contributed by atoms with Gasteiger partial charge >= 0.3 is 0 Å². The fourth-order valence-electron chi connectivity index (χ4n) is 5.16. The largest absolute Gasteiger partial charge is 0.455 e. The zero-order chi connectivity index (χ0) is 23.5. The summed E-state index contributed by atoms with van der Waals surface area (Å²) in [6, 6.07) is 31.8. The van der Waals surface area contributed by atoms with E-state index in [0.717, 1.165) is 60.7 Å². The highest BCUT2D eigenvalue weighted by Gasteiger charge is 2.15.